The molecule has 0 bridgehead atoms. The molecule has 5 nitrogen and oxygen atoms in total. The second-order valence-corrected chi connectivity index (χ2v) is 6.41. The molecule has 0 fully saturated rings. The van der Waals surface area contributed by atoms with Gasteiger partial charge in [-0.25, -0.2) is 0 Å². The highest BCUT2D eigenvalue weighted by Crippen LogP contribution is 2.37. The Morgan fingerprint density at radius 3 is 2.77 bits per heavy atom. The maximum atomic E-state index is 5.73. The smallest absolute Gasteiger partial charge is 0.177 e. The third kappa shape index (κ3) is 2.46. The summed E-state index contributed by atoms with van der Waals surface area (Å²) in [6.07, 6.45) is 3.90. The minimum absolute atomic E-state index is 0.399. The molecule has 1 aromatic carbocycles. The first-order valence-corrected chi connectivity index (χ1v) is 8.10. The number of hydrogen-bond acceptors (Lipinski definition) is 5. The Balaban J connectivity index is 1.68. The molecule has 0 radical (unpaired) electrons. The minimum Gasteiger partial charge on any atom is -0.399 e. The van der Waals surface area contributed by atoms with E-state index >= 15 is 0 Å². The number of fused-ring (bicyclic) bond motifs is 1. The van der Waals surface area contributed by atoms with Gasteiger partial charge in [0.05, 0.1) is 10.9 Å². The topological polar surface area (TPSA) is 69.1 Å². The van der Waals surface area contributed by atoms with Gasteiger partial charge in [-0.3, -0.25) is 0 Å². The average Bonchev–Trinajstić information content (AvgIpc) is 3.19. The third-order valence-corrected chi connectivity index (χ3v) is 4.82. The highest BCUT2D eigenvalue weighted by molar-refractivity contribution is 8.02. The van der Waals surface area contributed by atoms with Gasteiger partial charge < -0.3 is 5.73 Å². The summed E-state index contributed by atoms with van der Waals surface area (Å²) in [7, 11) is 0. The molecule has 1 atom stereocenters. The van der Waals surface area contributed by atoms with E-state index in [1.165, 1.54) is 0 Å². The number of nitrogens with zero attached hydrogens (tertiary/aromatic N) is 4. The summed E-state index contributed by atoms with van der Waals surface area (Å²) in [5, 5.41) is 15.8. The van der Waals surface area contributed by atoms with Gasteiger partial charge in [-0.05, 0) is 41.7 Å². The van der Waals surface area contributed by atoms with Crippen molar-refractivity contribution in [2.45, 2.75) is 18.1 Å². The summed E-state index contributed by atoms with van der Waals surface area (Å²) < 4.78 is 1.85. The molecule has 0 spiro atoms. The fraction of sp³-hybridized carbons (Fsp3) is 0.188. The quantitative estimate of drug-likeness (QED) is 0.753. The Morgan fingerprint density at radius 2 is 2.00 bits per heavy atom. The van der Waals surface area contributed by atoms with Crippen LogP contribution in [0.3, 0.4) is 0 Å². The van der Waals surface area contributed by atoms with Gasteiger partial charge in [0.25, 0.3) is 0 Å². The van der Waals surface area contributed by atoms with Crippen molar-refractivity contribution in [3.05, 3.63) is 65.0 Å². The number of aromatic nitrogens is 4. The van der Waals surface area contributed by atoms with E-state index in [2.05, 4.69) is 21.7 Å². The number of nitrogens with two attached hydrogens (primary N) is 1. The van der Waals surface area contributed by atoms with Gasteiger partial charge >= 0.3 is 0 Å². The molecule has 2 aromatic heterocycles. The molecule has 22 heavy (non-hydrogen) atoms. The second kappa shape index (κ2) is 5.46. The molecule has 6 heteroatoms. The first-order valence-electron chi connectivity index (χ1n) is 7.16. The molecule has 0 saturated carbocycles. The van der Waals surface area contributed by atoms with Crippen molar-refractivity contribution in [2.24, 2.45) is 0 Å². The van der Waals surface area contributed by atoms with Crippen LogP contribution in [0.15, 0.2) is 47.9 Å². The van der Waals surface area contributed by atoms with E-state index in [-0.39, 0.29) is 0 Å². The summed E-state index contributed by atoms with van der Waals surface area (Å²) >= 11 is 1.81. The standard InChI is InChI=1S/C16H15N5S/c17-12-5-3-11(4-6-12)10-16-19-18-15-8-7-13(20-21(15)16)14-2-1-9-22-14/h1,3-9,14H,2,10,17H2. The molecule has 0 amide bonds. The van der Waals surface area contributed by atoms with E-state index < -0.39 is 0 Å². The van der Waals surface area contributed by atoms with Crippen LogP contribution < -0.4 is 5.73 Å². The van der Waals surface area contributed by atoms with Crippen molar-refractivity contribution in [3.8, 4) is 0 Å². The molecule has 0 aliphatic carbocycles. The van der Waals surface area contributed by atoms with Crippen molar-refractivity contribution in [2.75, 3.05) is 5.73 Å². The first-order chi connectivity index (χ1) is 10.8. The van der Waals surface area contributed by atoms with Crippen LogP contribution in [0, 0.1) is 0 Å². The van der Waals surface area contributed by atoms with Crippen molar-refractivity contribution in [3.63, 3.8) is 0 Å². The molecule has 1 aliphatic rings. The lowest BCUT2D eigenvalue weighted by atomic mass is 10.1. The molecule has 3 heterocycles. The van der Waals surface area contributed by atoms with Crippen molar-refractivity contribution >= 4 is 23.1 Å². The Kier molecular flexibility index (Phi) is 3.31. The fourth-order valence-electron chi connectivity index (χ4n) is 2.52. The van der Waals surface area contributed by atoms with Crippen molar-refractivity contribution in [1.29, 1.82) is 0 Å². The van der Waals surface area contributed by atoms with E-state index in [0.29, 0.717) is 11.7 Å². The molecule has 0 saturated heterocycles. The minimum atomic E-state index is 0.399. The normalized spacial score (nSPS) is 17.4. The number of anilines is 1. The number of hydrogen-bond donors (Lipinski definition) is 1. The number of benzene rings is 1. The summed E-state index contributed by atoms with van der Waals surface area (Å²) in [4.78, 5) is 0. The monoisotopic (exact) mass is 309 g/mol. The van der Waals surface area contributed by atoms with Crippen molar-refractivity contribution in [1.82, 2.24) is 19.8 Å². The zero-order chi connectivity index (χ0) is 14.9. The van der Waals surface area contributed by atoms with Gasteiger partial charge in [-0.15, -0.1) is 22.0 Å². The molecule has 1 aliphatic heterocycles. The predicted octanol–water partition coefficient (Wildman–Crippen LogP) is 2.99. The number of thioether (sulfide) groups is 1. The Bertz CT molecular complexity index is 829. The van der Waals surface area contributed by atoms with E-state index in [9.17, 15) is 0 Å². The highest BCUT2D eigenvalue weighted by Gasteiger charge is 2.17. The van der Waals surface area contributed by atoms with E-state index in [0.717, 1.165) is 34.8 Å². The average molecular weight is 309 g/mol. The summed E-state index contributed by atoms with van der Waals surface area (Å²) in [5.41, 5.74) is 9.49. The molecule has 110 valence electrons. The van der Waals surface area contributed by atoms with Gasteiger partial charge in [0, 0.05) is 12.1 Å². The first kappa shape index (κ1) is 13.3. The van der Waals surface area contributed by atoms with Crippen LogP contribution in [0.2, 0.25) is 0 Å². The number of allylic oxidation sites excluding steroid dienone is 1. The van der Waals surface area contributed by atoms with Crippen LogP contribution >= 0.6 is 11.8 Å². The fourth-order valence-corrected chi connectivity index (χ4v) is 3.42. The van der Waals surface area contributed by atoms with Crippen LogP contribution in [0.25, 0.3) is 5.65 Å². The highest BCUT2D eigenvalue weighted by atomic mass is 32.2. The summed E-state index contributed by atoms with van der Waals surface area (Å²) in [5.74, 6) is 0.845. The maximum absolute atomic E-state index is 5.73. The van der Waals surface area contributed by atoms with E-state index in [1.807, 2.05) is 40.9 Å². The lowest BCUT2D eigenvalue weighted by Gasteiger charge is -2.08. The summed E-state index contributed by atoms with van der Waals surface area (Å²) in [6, 6.07) is 11.9. The summed E-state index contributed by atoms with van der Waals surface area (Å²) in [6.45, 7) is 0. The molecular formula is C16H15N5S. The van der Waals surface area contributed by atoms with E-state index in [4.69, 9.17) is 10.8 Å². The molecule has 1 unspecified atom stereocenters. The molecular weight excluding hydrogens is 294 g/mol. The lowest BCUT2D eigenvalue weighted by molar-refractivity contribution is 0.785. The lowest BCUT2D eigenvalue weighted by Crippen LogP contribution is -2.04. The van der Waals surface area contributed by atoms with E-state index in [1.54, 1.807) is 11.8 Å². The zero-order valence-electron chi connectivity index (χ0n) is 11.9. The van der Waals surface area contributed by atoms with Crippen LogP contribution in [0.5, 0.6) is 0 Å². The Morgan fingerprint density at radius 1 is 1.14 bits per heavy atom. The molecule has 3 aromatic rings. The molecule has 4 rings (SSSR count). The zero-order valence-corrected chi connectivity index (χ0v) is 12.7. The number of rotatable bonds is 3. The van der Waals surface area contributed by atoms with Crippen molar-refractivity contribution < 1.29 is 0 Å². The molecule has 2 N–H and O–H groups in total. The van der Waals surface area contributed by atoms with Gasteiger partial charge in [0.15, 0.2) is 11.5 Å². The second-order valence-electron chi connectivity index (χ2n) is 5.29. The maximum Gasteiger partial charge on any atom is 0.177 e. The number of nitrogen functional groups attached to an aromatic ring is 1. The van der Waals surface area contributed by atoms with Gasteiger partial charge in [-0.2, -0.15) is 9.61 Å². The van der Waals surface area contributed by atoms with Crippen LogP contribution in [-0.4, -0.2) is 19.8 Å². The SMILES string of the molecule is Nc1ccc(Cc2nnc3ccc(C4CC=CS4)nn23)cc1. The Labute approximate surface area is 132 Å². The van der Waals surface area contributed by atoms with Gasteiger partial charge in [0.2, 0.25) is 0 Å². The van der Waals surface area contributed by atoms with Crippen LogP contribution in [-0.2, 0) is 6.42 Å². The Hall–Kier alpha value is -2.34. The predicted molar refractivity (Wildman–Crippen MR) is 88.5 cm³/mol. The largest absolute Gasteiger partial charge is 0.399 e. The van der Waals surface area contributed by atoms with Crippen LogP contribution in [0.1, 0.15) is 28.8 Å². The van der Waals surface area contributed by atoms with Gasteiger partial charge in [-0.1, -0.05) is 18.2 Å². The third-order valence-electron chi connectivity index (χ3n) is 3.71. The van der Waals surface area contributed by atoms with Crippen LogP contribution in [0.4, 0.5) is 5.69 Å². The van der Waals surface area contributed by atoms with Gasteiger partial charge in [0.1, 0.15) is 0 Å².